The molecule has 0 unspecified atom stereocenters. The van der Waals surface area contributed by atoms with Gasteiger partial charge in [-0.1, -0.05) is 26.2 Å². The van der Waals surface area contributed by atoms with E-state index in [1.165, 1.54) is 42.9 Å². The number of hydrogen-bond acceptors (Lipinski definition) is 3. The Morgan fingerprint density at radius 3 is 2.23 bits per heavy atom. The van der Waals surface area contributed by atoms with Crippen LogP contribution in [-0.2, 0) is 0 Å². The first-order chi connectivity index (χ1) is 6.35. The first-order valence-electron chi connectivity index (χ1n) is 5.04. The third-order valence-electron chi connectivity index (χ3n) is 2.74. The largest absolute Gasteiger partial charge is 0.112 e. The topological polar surface area (TPSA) is 0 Å². The number of unbranched alkanes of at least 4 members (excludes halogenated alkanes) is 2. The van der Waals surface area contributed by atoms with Crippen molar-refractivity contribution in [3.8, 4) is 0 Å². The van der Waals surface area contributed by atoms with Crippen LogP contribution >= 0.6 is 39.7 Å². The van der Waals surface area contributed by atoms with E-state index in [9.17, 15) is 0 Å². The summed E-state index contributed by atoms with van der Waals surface area (Å²) >= 11 is 6.78. The molecule has 2 bridgehead atoms. The standard InChI is InChI=1S/C9H17PS3/c1-2-3-4-5-9-6-11-10(12-7-9)13-8-9/h2-8H2,1H3. The van der Waals surface area contributed by atoms with Gasteiger partial charge in [-0.05, 0) is 11.8 Å². The van der Waals surface area contributed by atoms with Gasteiger partial charge in [0.25, 0.3) is 0 Å². The van der Waals surface area contributed by atoms with E-state index in [1.54, 1.807) is 0 Å². The summed E-state index contributed by atoms with van der Waals surface area (Å²) in [5.74, 6) is 4.42. The summed E-state index contributed by atoms with van der Waals surface area (Å²) in [6, 6.07) is 0. The summed E-state index contributed by atoms with van der Waals surface area (Å²) in [5.41, 5.74) is 1.04. The van der Waals surface area contributed by atoms with Crippen LogP contribution in [0.25, 0.3) is 0 Å². The number of fused-ring (bicyclic) bond motifs is 3. The molecule has 0 aliphatic carbocycles. The van der Waals surface area contributed by atoms with Crippen LogP contribution in [0.1, 0.15) is 32.6 Å². The third kappa shape index (κ3) is 2.74. The van der Waals surface area contributed by atoms with Gasteiger partial charge in [-0.25, -0.2) is 0 Å². The van der Waals surface area contributed by atoms with E-state index >= 15 is 0 Å². The molecule has 0 amide bonds. The van der Waals surface area contributed by atoms with Crippen molar-refractivity contribution in [2.24, 2.45) is 5.41 Å². The van der Waals surface area contributed by atoms with Gasteiger partial charge in [0.05, 0.1) is 5.53 Å². The molecule has 3 aliphatic heterocycles. The van der Waals surface area contributed by atoms with Gasteiger partial charge >= 0.3 is 0 Å². The number of hydrogen-bond donors (Lipinski definition) is 0. The van der Waals surface area contributed by atoms with Gasteiger partial charge in [0, 0.05) is 17.3 Å². The van der Waals surface area contributed by atoms with Crippen molar-refractivity contribution in [1.29, 1.82) is 0 Å². The van der Waals surface area contributed by atoms with E-state index in [0.29, 0.717) is 5.53 Å². The van der Waals surface area contributed by atoms with Crippen LogP contribution in [0.2, 0.25) is 0 Å². The molecule has 3 heterocycles. The van der Waals surface area contributed by atoms with Crippen LogP contribution in [0.3, 0.4) is 0 Å². The first kappa shape index (κ1) is 11.0. The molecule has 0 N–H and O–H groups in total. The van der Waals surface area contributed by atoms with Crippen molar-refractivity contribution in [2.75, 3.05) is 17.3 Å². The van der Waals surface area contributed by atoms with Gasteiger partial charge in [0.1, 0.15) is 0 Å². The maximum Gasteiger partial charge on any atom is 0.0729 e. The summed E-state index contributed by atoms with van der Waals surface area (Å²) in [7, 11) is 0. The Labute approximate surface area is 94.8 Å². The second kappa shape index (κ2) is 5.01. The molecule has 3 saturated heterocycles. The lowest BCUT2D eigenvalue weighted by molar-refractivity contribution is 0.385. The highest BCUT2D eigenvalue weighted by molar-refractivity contribution is 9.12. The fraction of sp³-hybridized carbons (Fsp3) is 1.00. The zero-order chi connectivity index (χ0) is 9.15. The zero-order valence-electron chi connectivity index (χ0n) is 8.12. The molecule has 0 spiro atoms. The average Bonchev–Trinajstić information content (AvgIpc) is 2.21. The molecule has 0 radical (unpaired) electrons. The Morgan fingerprint density at radius 2 is 1.69 bits per heavy atom. The highest BCUT2D eigenvalue weighted by Crippen LogP contribution is 2.79. The normalized spacial score (nSPS) is 38.1. The number of rotatable bonds is 4. The fourth-order valence-electron chi connectivity index (χ4n) is 1.77. The van der Waals surface area contributed by atoms with Gasteiger partial charge in [0.2, 0.25) is 0 Å². The molecule has 0 aromatic rings. The Morgan fingerprint density at radius 1 is 1.08 bits per heavy atom. The summed E-state index contributed by atoms with van der Waals surface area (Å²) in [4.78, 5) is 0. The Hall–Kier alpha value is 1.48. The molecule has 3 rings (SSSR count). The molecule has 0 aromatic heterocycles. The van der Waals surface area contributed by atoms with Crippen LogP contribution in [-0.4, -0.2) is 17.3 Å². The molecule has 4 heteroatoms. The molecule has 0 atom stereocenters. The molecule has 0 aromatic carbocycles. The van der Waals surface area contributed by atoms with Crippen LogP contribution in [0, 0.1) is 5.41 Å². The van der Waals surface area contributed by atoms with E-state index < -0.39 is 0 Å². The van der Waals surface area contributed by atoms with Crippen molar-refractivity contribution in [2.45, 2.75) is 32.6 Å². The average molecular weight is 252 g/mol. The lowest BCUT2D eigenvalue weighted by Crippen LogP contribution is -2.33. The maximum atomic E-state index is 2.30. The molecule has 13 heavy (non-hydrogen) atoms. The SMILES string of the molecule is CCCCCC12CSP(SC1)SC2. The maximum absolute atomic E-state index is 2.30. The lowest BCUT2D eigenvalue weighted by Gasteiger charge is -2.44. The van der Waals surface area contributed by atoms with Gasteiger partial charge in [0.15, 0.2) is 0 Å². The first-order valence-corrected chi connectivity index (χ1v) is 11.1. The van der Waals surface area contributed by atoms with Crippen molar-refractivity contribution < 1.29 is 0 Å². The lowest BCUT2D eigenvalue weighted by atomic mass is 9.88. The third-order valence-corrected chi connectivity index (χ3v) is 14.3. The minimum Gasteiger partial charge on any atom is -0.112 e. The molecule has 3 aliphatic rings. The van der Waals surface area contributed by atoms with Gasteiger partial charge in [-0.15, -0.1) is 34.1 Å². The van der Waals surface area contributed by atoms with E-state index in [1.807, 2.05) is 0 Å². The van der Waals surface area contributed by atoms with Crippen LogP contribution in [0.15, 0.2) is 0 Å². The summed E-state index contributed by atoms with van der Waals surface area (Å²) < 4.78 is 0. The highest BCUT2D eigenvalue weighted by Gasteiger charge is 2.41. The minimum absolute atomic E-state index is 0.296. The van der Waals surface area contributed by atoms with Gasteiger partial charge in [-0.2, -0.15) is 0 Å². The van der Waals surface area contributed by atoms with Gasteiger partial charge in [-0.3, -0.25) is 0 Å². The predicted octanol–water partition coefficient (Wildman–Crippen LogP) is 5.01. The molecule has 0 nitrogen and oxygen atoms in total. The Bertz CT molecular complexity index is 152. The second-order valence-electron chi connectivity index (χ2n) is 4.00. The molecule has 76 valence electrons. The minimum atomic E-state index is 0.296. The van der Waals surface area contributed by atoms with Gasteiger partial charge < -0.3 is 0 Å². The highest BCUT2D eigenvalue weighted by atomic mass is 33.4. The molecule has 0 saturated carbocycles. The summed E-state index contributed by atoms with van der Waals surface area (Å²) in [6.45, 7) is 2.30. The quantitative estimate of drug-likeness (QED) is 0.510. The Balaban J connectivity index is 1.81. The zero-order valence-corrected chi connectivity index (χ0v) is 11.5. The monoisotopic (exact) mass is 252 g/mol. The molecular weight excluding hydrogens is 235 g/mol. The molecule has 3 fully saturated rings. The predicted molar refractivity (Wildman–Crippen MR) is 70.9 cm³/mol. The van der Waals surface area contributed by atoms with Crippen LogP contribution in [0.5, 0.6) is 0 Å². The van der Waals surface area contributed by atoms with Crippen molar-refractivity contribution in [1.82, 2.24) is 0 Å². The Kier molecular flexibility index (Phi) is 4.23. The van der Waals surface area contributed by atoms with E-state index in [-0.39, 0.29) is 0 Å². The van der Waals surface area contributed by atoms with E-state index in [4.69, 9.17) is 0 Å². The van der Waals surface area contributed by atoms with Crippen LogP contribution < -0.4 is 0 Å². The van der Waals surface area contributed by atoms with Crippen molar-refractivity contribution >= 4 is 39.7 Å². The van der Waals surface area contributed by atoms with Crippen molar-refractivity contribution in [3.63, 3.8) is 0 Å². The summed E-state index contributed by atoms with van der Waals surface area (Å²) in [6.07, 6.45) is 5.78. The second-order valence-corrected chi connectivity index (χ2v) is 13.8. The molecular formula is C9H17PS3. The summed E-state index contributed by atoms with van der Waals surface area (Å²) in [5, 5.41) is 0. The van der Waals surface area contributed by atoms with Crippen LogP contribution in [0.4, 0.5) is 0 Å². The fourth-order valence-corrected chi connectivity index (χ4v) is 13.5. The smallest absolute Gasteiger partial charge is 0.0729 e. The van der Waals surface area contributed by atoms with E-state index in [2.05, 4.69) is 41.1 Å². The van der Waals surface area contributed by atoms with E-state index in [0.717, 1.165) is 5.41 Å². The van der Waals surface area contributed by atoms with Crippen molar-refractivity contribution in [3.05, 3.63) is 0 Å².